The molecule has 0 spiro atoms. The second-order valence-electron chi connectivity index (χ2n) is 5.99. The van der Waals surface area contributed by atoms with Gasteiger partial charge in [-0.2, -0.15) is 0 Å². The number of rotatable bonds is 3. The molecule has 0 aromatic carbocycles. The van der Waals surface area contributed by atoms with Gasteiger partial charge in [0.25, 0.3) is 0 Å². The van der Waals surface area contributed by atoms with Crippen molar-refractivity contribution in [3.05, 3.63) is 23.5 Å². The van der Waals surface area contributed by atoms with Crippen LogP contribution in [0.5, 0.6) is 5.75 Å². The fourth-order valence-electron chi connectivity index (χ4n) is 3.05. The Morgan fingerprint density at radius 3 is 2.78 bits per heavy atom. The van der Waals surface area contributed by atoms with E-state index in [4.69, 9.17) is 16.3 Å². The Morgan fingerprint density at radius 1 is 1.30 bits per heavy atom. The average Bonchev–Trinajstić information content (AvgIpc) is 2.55. The summed E-state index contributed by atoms with van der Waals surface area (Å²) < 4.78 is 5.87. The average molecular weight is 338 g/mol. The number of carbonyl (C=O) groups excluding carboxylic acids is 2. The number of ether oxygens (including phenoxy) is 1. The zero-order valence-electron chi connectivity index (χ0n) is 12.8. The van der Waals surface area contributed by atoms with E-state index >= 15 is 0 Å². The lowest BCUT2D eigenvalue weighted by atomic mass is 10.0. The third-order valence-electron chi connectivity index (χ3n) is 4.27. The zero-order chi connectivity index (χ0) is 16.2. The smallest absolute Gasteiger partial charge is 0.245 e. The molecule has 2 fully saturated rings. The second kappa shape index (κ2) is 7.17. The maximum absolute atomic E-state index is 12.5. The monoisotopic (exact) mass is 337 g/mol. The van der Waals surface area contributed by atoms with Crippen LogP contribution in [0, 0.1) is 0 Å². The van der Waals surface area contributed by atoms with Gasteiger partial charge in [-0.25, -0.2) is 0 Å². The molecule has 2 aliphatic rings. The minimum absolute atomic E-state index is 0.0266. The molecule has 2 saturated heterocycles. The number of pyridine rings is 1. The Hall–Kier alpha value is -1.82. The highest BCUT2D eigenvalue weighted by Crippen LogP contribution is 2.22. The first kappa shape index (κ1) is 16.1. The predicted octanol–water partition coefficient (Wildman–Crippen LogP) is 1.77. The number of carbonyl (C=O) groups is 2. The van der Waals surface area contributed by atoms with Gasteiger partial charge >= 0.3 is 0 Å². The van der Waals surface area contributed by atoms with Crippen LogP contribution in [-0.2, 0) is 9.59 Å². The van der Waals surface area contributed by atoms with Crippen molar-refractivity contribution in [3.63, 3.8) is 0 Å². The molecule has 23 heavy (non-hydrogen) atoms. The molecule has 0 bridgehead atoms. The molecule has 0 radical (unpaired) electrons. The number of nitrogens with one attached hydrogen (secondary N) is 1. The molecule has 1 aromatic heterocycles. The number of amides is 2. The van der Waals surface area contributed by atoms with Crippen molar-refractivity contribution in [2.45, 2.75) is 44.2 Å². The summed E-state index contributed by atoms with van der Waals surface area (Å²) in [5, 5.41) is 3.33. The van der Waals surface area contributed by atoms with Gasteiger partial charge < -0.3 is 15.0 Å². The minimum Gasteiger partial charge on any atom is -0.489 e. The van der Waals surface area contributed by atoms with E-state index in [1.54, 1.807) is 18.5 Å². The summed E-state index contributed by atoms with van der Waals surface area (Å²) in [6.07, 6.45) is 6.82. The first-order valence-electron chi connectivity index (χ1n) is 7.97. The van der Waals surface area contributed by atoms with E-state index in [0.29, 0.717) is 30.3 Å². The number of likely N-dealkylation sites (tertiary alicyclic amines) is 1. The SMILES string of the molecule is O=C1CCCC(C(=O)N2CCC(Oc3cncc(Cl)c3)CC2)N1. The predicted molar refractivity (Wildman–Crippen MR) is 85.3 cm³/mol. The van der Waals surface area contributed by atoms with Gasteiger partial charge in [-0.1, -0.05) is 11.6 Å². The summed E-state index contributed by atoms with van der Waals surface area (Å²) in [6.45, 7) is 1.29. The molecule has 1 aromatic rings. The van der Waals surface area contributed by atoms with Crippen LogP contribution in [0.2, 0.25) is 5.02 Å². The van der Waals surface area contributed by atoms with Gasteiger partial charge in [0.15, 0.2) is 0 Å². The van der Waals surface area contributed by atoms with Gasteiger partial charge in [0, 0.05) is 44.6 Å². The van der Waals surface area contributed by atoms with Crippen molar-refractivity contribution < 1.29 is 14.3 Å². The standard InChI is InChI=1S/C16H20ClN3O3/c17-11-8-13(10-18-9-11)23-12-4-6-20(7-5-12)16(22)14-2-1-3-15(21)19-14/h8-10,12,14H,1-7H2,(H,19,21). The molecule has 3 rings (SSSR count). The lowest BCUT2D eigenvalue weighted by Crippen LogP contribution is -2.53. The Kier molecular flexibility index (Phi) is 5.00. The van der Waals surface area contributed by atoms with Crippen molar-refractivity contribution in [3.8, 4) is 5.75 Å². The number of hydrogen-bond acceptors (Lipinski definition) is 4. The van der Waals surface area contributed by atoms with E-state index in [2.05, 4.69) is 10.3 Å². The van der Waals surface area contributed by atoms with Crippen LogP contribution in [0.3, 0.4) is 0 Å². The maximum atomic E-state index is 12.5. The molecule has 1 N–H and O–H groups in total. The van der Waals surface area contributed by atoms with Crippen molar-refractivity contribution >= 4 is 23.4 Å². The largest absolute Gasteiger partial charge is 0.489 e. The molecule has 0 aliphatic carbocycles. The first-order valence-corrected chi connectivity index (χ1v) is 8.35. The lowest BCUT2D eigenvalue weighted by Gasteiger charge is -2.35. The lowest BCUT2D eigenvalue weighted by molar-refractivity contribution is -0.139. The highest BCUT2D eigenvalue weighted by molar-refractivity contribution is 6.30. The molecule has 0 saturated carbocycles. The van der Waals surface area contributed by atoms with Crippen LogP contribution in [-0.4, -0.2) is 46.9 Å². The third-order valence-corrected chi connectivity index (χ3v) is 4.47. The minimum atomic E-state index is -0.356. The van der Waals surface area contributed by atoms with Crippen LogP contribution >= 0.6 is 11.6 Å². The van der Waals surface area contributed by atoms with E-state index in [1.807, 2.05) is 4.90 Å². The normalized spacial score (nSPS) is 22.6. The summed E-state index contributed by atoms with van der Waals surface area (Å²) in [7, 11) is 0. The highest BCUT2D eigenvalue weighted by Gasteiger charge is 2.31. The topological polar surface area (TPSA) is 71.5 Å². The molecule has 124 valence electrons. The summed E-state index contributed by atoms with van der Waals surface area (Å²) in [5.41, 5.74) is 0. The Balaban J connectivity index is 1.50. The molecule has 2 amide bonds. The zero-order valence-corrected chi connectivity index (χ0v) is 13.6. The molecule has 7 heteroatoms. The van der Waals surface area contributed by atoms with Crippen molar-refractivity contribution in [1.29, 1.82) is 0 Å². The summed E-state index contributed by atoms with van der Waals surface area (Å²) in [6, 6.07) is 1.38. The number of piperidine rings is 2. The van der Waals surface area contributed by atoms with Gasteiger partial charge in [0.1, 0.15) is 17.9 Å². The van der Waals surface area contributed by atoms with Crippen LogP contribution in [0.15, 0.2) is 18.5 Å². The summed E-state index contributed by atoms with van der Waals surface area (Å²) in [5.74, 6) is 0.656. The van der Waals surface area contributed by atoms with Crippen LogP contribution in [0.1, 0.15) is 32.1 Å². The fourth-order valence-corrected chi connectivity index (χ4v) is 3.22. The number of nitrogens with zero attached hydrogens (tertiary/aromatic N) is 2. The summed E-state index contributed by atoms with van der Waals surface area (Å²) in [4.78, 5) is 29.7. The second-order valence-corrected chi connectivity index (χ2v) is 6.43. The number of aromatic nitrogens is 1. The van der Waals surface area contributed by atoms with Crippen LogP contribution in [0.25, 0.3) is 0 Å². The van der Waals surface area contributed by atoms with E-state index in [-0.39, 0.29) is 24.0 Å². The Labute approximate surface area is 140 Å². The molecular weight excluding hydrogens is 318 g/mol. The van der Waals surface area contributed by atoms with Gasteiger partial charge in [-0.3, -0.25) is 14.6 Å². The third kappa shape index (κ3) is 4.13. The van der Waals surface area contributed by atoms with Crippen molar-refractivity contribution in [2.24, 2.45) is 0 Å². The van der Waals surface area contributed by atoms with Crippen molar-refractivity contribution in [1.82, 2.24) is 15.2 Å². The maximum Gasteiger partial charge on any atom is 0.245 e. The van der Waals surface area contributed by atoms with E-state index in [9.17, 15) is 9.59 Å². The summed E-state index contributed by atoms with van der Waals surface area (Å²) >= 11 is 5.90. The van der Waals surface area contributed by atoms with Gasteiger partial charge in [0.2, 0.25) is 11.8 Å². The van der Waals surface area contributed by atoms with Gasteiger partial charge in [-0.05, 0) is 12.8 Å². The molecule has 1 atom stereocenters. The fraction of sp³-hybridized carbons (Fsp3) is 0.562. The quantitative estimate of drug-likeness (QED) is 0.912. The van der Waals surface area contributed by atoms with E-state index < -0.39 is 0 Å². The van der Waals surface area contributed by atoms with E-state index in [1.165, 1.54) is 0 Å². The molecule has 2 aliphatic heterocycles. The first-order chi connectivity index (χ1) is 11.1. The number of hydrogen-bond donors (Lipinski definition) is 1. The molecule has 6 nitrogen and oxygen atoms in total. The van der Waals surface area contributed by atoms with E-state index in [0.717, 1.165) is 25.7 Å². The molecular formula is C16H20ClN3O3. The Morgan fingerprint density at radius 2 is 2.09 bits per heavy atom. The van der Waals surface area contributed by atoms with Crippen LogP contribution in [0.4, 0.5) is 0 Å². The molecule has 1 unspecified atom stereocenters. The highest BCUT2D eigenvalue weighted by atomic mass is 35.5. The van der Waals surface area contributed by atoms with Crippen LogP contribution < -0.4 is 10.1 Å². The van der Waals surface area contributed by atoms with Gasteiger partial charge in [0.05, 0.1) is 11.2 Å². The number of halogens is 1. The molecule has 3 heterocycles. The van der Waals surface area contributed by atoms with Crippen molar-refractivity contribution in [2.75, 3.05) is 13.1 Å². The Bertz CT molecular complexity index is 588. The van der Waals surface area contributed by atoms with Gasteiger partial charge in [-0.15, -0.1) is 0 Å².